The van der Waals surface area contributed by atoms with Crippen LogP contribution in [0.25, 0.3) is 0 Å². The monoisotopic (exact) mass is 316 g/mol. The molecular formula is C14H24N2O4S. The molecule has 0 amide bonds. The summed E-state index contributed by atoms with van der Waals surface area (Å²) in [6, 6.07) is 2.76. The van der Waals surface area contributed by atoms with Crippen molar-refractivity contribution in [3.8, 4) is 11.5 Å². The first kappa shape index (κ1) is 17.6. The second-order valence-corrected chi connectivity index (χ2v) is 6.87. The number of methoxy groups -OCH3 is 2. The summed E-state index contributed by atoms with van der Waals surface area (Å²) >= 11 is 0. The average molecular weight is 316 g/mol. The van der Waals surface area contributed by atoms with Crippen molar-refractivity contribution in [2.75, 3.05) is 27.0 Å². The molecule has 0 aliphatic carbocycles. The molecule has 0 aromatic heterocycles. The summed E-state index contributed by atoms with van der Waals surface area (Å²) in [5.74, 6) is 0.603. The number of nitrogen functional groups attached to an aromatic ring is 1. The fourth-order valence-electron chi connectivity index (χ4n) is 2.09. The highest BCUT2D eigenvalue weighted by atomic mass is 32.2. The molecule has 1 aromatic carbocycles. The van der Waals surface area contributed by atoms with E-state index in [1.807, 2.05) is 13.8 Å². The third kappa shape index (κ3) is 3.59. The van der Waals surface area contributed by atoms with Gasteiger partial charge in [0.1, 0.15) is 16.4 Å². The van der Waals surface area contributed by atoms with Crippen LogP contribution in [0.1, 0.15) is 26.7 Å². The highest BCUT2D eigenvalue weighted by Crippen LogP contribution is 2.35. The van der Waals surface area contributed by atoms with Crippen LogP contribution in [0, 0.1) is 0 Å². The molecule has 21 heavy (non-hydrogen) atoms. The Kier molecular flexibility index (Phi) is 5.86. The summed E-state index contributed by atoms with van der Waals surface area (Å²) in [6.07, 6.45) is 1.69. The van der Waals surface area contributed by atoms with Gasteiger partial charge in [0.15, 0.2) is 0 Å². The number of hydrogen-bond donors (Lipinski definition) is 1. The fourth-order valence-corrected chi connectivity index (χ4v) is 3.65. The van der Waals surface area contributed by atoms with Gasteiger partial charge in [-0.1, -0.05) is 13.3 Å². The van der Waals surface area contributed by atoms with Gasteiger partial charge in [0, 0.05) is 19.2 Å². The Labute approximate surface area is 126 Å². The minimum atomic E-state index is -3.68. The lowest BCUT2D eigenvalue weighted by atomic mass is 10.2. The number of hydrogen-bond acceptors (Lipinski definition) is 5. The molecule has 7 heteroatoms. The fraction of sp³-hybridized carbons (Fsp3) is 0.571. The van der Waals surface area contributed by atoms with Gasteiger partial charge in [-0.2, -0.15) is 4.31 Å². The summed E-state index contributed by atoms with van der Waals surface area (Å²) in [7, 11) is 0.770. The number of nitrogens with two attached hydrogens (primary N) is 1. The maximum absolute atomic E-state index is 12.7. The second-order valence-electron chi connectivity index (χ2n) is 4.90. The number of nitrogens with zero attached hydrogens (tertiary/aromatic N) is 1. The van der Waals surface area contributed by atoms with Crippen molar-refractivity contribution in [3.63, 3.8) is 0 Å². The molecule has 1 aromatic rings. The Morgan fingerprint density at radius 2 is 1.81 bits per heavy atom. The van der Waals surface area contributed by atoms with Crippen LogP contribution in [0.15, 0.2) is 17.0 Å². The molecule has 0 saturated carbocycles. The number of sulfonamides is 1. The molecule has 0 saturated heterocycles. The minimum Gasteiger partial charge on any atom is -0.495 e. The molecule has 0 bridgehead atoms. The van der Waals surface area contributed by atoms with Crippen LogP contribution in [0.3, 0.4) is 0 Å². The van der Waals surface area contributed by atoms with Crippen LogP contribution in [0.4, 0.5) is 5.69 Å². The summed E-state index contributed by atoms with van der Waals surface area (Å²) in [5.41, 5.74) is 6.08. The molecule has 0 fully saturated rings. The second kappa shape index (κ2) is 7.00. The van der Waals surface area contributed by atoms with E-state index in [4.69, 9.17) is 15.2 Å². The number of ether oxygens (including phenoxy) is 2. The molecule has 0 radical (unpaired) electrons. The Balaban J connectivity index is 3.34. The molecule has 0 aliphatic heterocycles. The van der Waals surface area contributed by atoms with Crippen LogP contribution in [0.5, 0.6) is 11.5 Å². The highest BCUT2D eigenvalue weighted by Gasteiger charge is 2.29. The van der Waals surface area contributed by atoms with Gasteiger partial charge in [0.2, 0.25) is 10.0 Å². The predicted octanol–water partition coefficient (Wildman–Crippen LogP) is 2.10. The lowest BCUT2D eigenvalue weighted by Crippen LogP contribution is -2.35. The Bertz CT molecular complexity index is 587. The molecule has 120 valence electrons. The average Bonchev–Trinajstić information content (AvgIpc) is 2.46. The van der Waals surface area contributed by atoms with E-state index in [-0.39, 0.29) is 22.4 Å². The maximum Gasteiger partial charge on any atom is 0.246 e. The highest BCUT2D eigenvalue weighted by molar-refractivity contribution is 7.89. The standard InChI is InChI=1S/C14H24N2O4S/c1-6-7-10(2)16(3)21(17,18)14-8-11(15)12(19-4)9-13(14)20-5/h8-10H,6-7,15H2,1-5H3. The van der Waals surface area contributed by atoms with E-state index in [0.717, 1.165) is 12.8 Å². The Hall–Kier alpha value is -1.47. The van der Waals surface area contributed by atoms with Gasteiger partial charge >= 0.3 is 0 Å². The van der Waals surface area contributed by atoms with Crippen LogP contribution < -0.4 is 15.2 Å². The lowest BCUT2D eigenvalue weighted by Gasteiger charge is -2.25. The van der Waals surface area contributed by atoms with Crippen molar-refractivity contribution in [1.82, 2.24) is 4.31 Å². The van der Waals surface area contributed by atoms with Gasteiger partial charge in [-0.25, -0.2) is 8.42 Å². The number of anilines is 1. The van der Waals surface area contributed by atoms with E-state index in [1.54, 1.807) is 7.05 Å². The molecule has 1 unspecified atom stereocenters. The summed E-state index contributed by atoms with van der Waals surface area (Å²) in [4.78, 5) is 0.0498. The molecule has 2 N–H and O–H groups in total. The van der Waals surface area contributed by atoms with Crippen LogP contribution in [-0.4, -0.2) is 40.0 Å². The van der Waals surface area contributed by atoms with Crippen molar-refractivity contribution in [2.24, 2.45) is 0 Å². The smallest absolute Gasteiger partial charge is 0.246 e. The van der Waals surface area contributed by atoms with Gasteiger partial charge < -0.3 is 15.2 Å². The zero-order valence-corrected chi connectivity index (χ0v) is 14.0. The van der Waals surface area contributed by atoms with Crippen molar-refractivity contribution in [1.29, 1.82) is 0 Å². The predicted molar refractivity (Wildman–Crippen MR) is 83.3 cm³/mol. The topological polar surface area (TPSA) is 81.9 Å². The van der Waals surface area contributed by atoms with Crippen LogP contribution in [-0.2, 0) is 10.0 Å². The third-order valence-electron chi connectivity index (χ3n) is 3.50. The van der Waals surface area contributed by atoms with E-state index < -0.39 is 10.0 Å². The zero-order chi connectivity index (χ0) is 16.2. The normalized spacial score (nSPS) is 13.2. The van der Waals surface area contributed by atoms with Crippen molar-refractivity contribution < 1.29 is 17.9 Å². The molecule has 1 rings (SSSR count). The van der Waals surface area contributed by atoms with Crippen molar-refractivity contribution in [2.45, 2.75) is 37.6 Å². The third-order valence-corrected chi connectivity index (χ3v) is 5.49. The van der Waals surface area contributed by atoms with Gasteiger partial charge in [-0.15, -0.1) is 0 Å². The van der Waals surface area contributed by atoms with Gasteiger partial charge in [0.05, 0.1) is 19.9 Å². The van der Waals surface area contributed by atoms with E-state index in [2.05, 4.69) is 0 Å². The minimum absolute atomic E-state index is 0.0498. The van der Waals surface area contributed by atoms with Crippen LogP contribution in [0.2, 0.25) is 0 Å². The molecule has 0 heterocycles. The zero-order valence-electron chi connectivity index (χ0n) is 13.2. The summed E-state index contributed by atoms with van der Waals surface area (Å²) < 4.78 is 37.1. The Morgan fingerprint density at radius 3 is 2.29 bits per heavy atom. The SMILES string of the molecule is CCCC(C)N(C)S(=O)(=O)c1cc(N)c(OC)cc1OC. The van der Waals surface area contributed by atoms with Gasteiger partial charge in [-0.3, -0.25) is 0 Å². The molecule has 0 aliphatic rings. The first-order chi connectivity index (χ1) is 9.79. The van der Waals surface area contributed by atoms with Gasteiger partial charge in [-0.05, 0) is 19.4 Å². The van der Waals surface area contributed by atoms with Crippen LogP contribution >= 0.6 is 0 Å². The first-order valence-electron chi connectivity index (χ1n) is 6.79. The molecule has 0 spiro atoms. The lowest BCUT2D eigenvalue weighted by molar-refractivity contribution is 0.360. The molecule has 6 nitrogen and oxygen atoms in total. The molecule has 1 atom stereocenters. The van der Waals surface area contributed by atoms with E-state index in [9.17, 15) is 8.42 Å². The maximum atomic E-state index is 12.7. The van der Waals surface area contributed by atoms with Gasteiger partial charge in [0.25, 0.3) is 0 Å². The quantitative estimate of drug-likeness (QED) is 0.779. The van der Waals surface area contributed by atoms with Crippen molar-refractivity contribution in [3.05, 3.63) is 12.1 Å². The summed E-state index contributed by atoms with van der Waals surface area (Å²) in [5, 5.41) is 0. The van der Waals surface area contributed by atoms with E-state index in [1.165, 1.54) is 30.7 Å². The number of rotatable bonds is 7. The summed E-state index contributed by atoms with van der Waals surface area (Å²) in [6.45, 7) is 3.89. The largest absolute Gasteiger partial charge is 0.495 e. The Morgan fingerprint density at radius 1 is 1.24 bits per heavy atom. The first-order valence-corrected chi connectivity index (χ1v) is 8.23. The number of benzene rings is 1. The van der Waals surface area contributed by atoms with Crippen molar-refractivity contribution >= 4 is 15.7 Å². The molecular weight excluding hydrogens is 292 g/mol. The van der Waals surface area contributed by atoms with E-state index >= 15 is 0 Å². The van der Waals surface area contributed by atoms with E-state index in [0.29, 0.717) is 5.75 Å².